The van der Waals surface area contributed by atoms with Gasteiger partial charge in [0.2, 0.25) is 0 Å². The second-order valence-corrected chi connectivity index (χ2v) is 7.03. The molecule has 28 heavy (non-hydrogen) atoms. The number of hydrogen-bond acceptors (Lipinski definition) is 5. The maximum Gasteiger partial charge on any atom is 0.276 e. The lowest BCUT2D eigenvalue weighted by atomic mass is 10.1. The number of aryl methyl sites for hydroxylation is 1. The number of para-hydroxylation sites is 1. The van der Waals surface area contributed by atoms with Crippen molar-refractivity contribution in [3.63, 3.8) is 0 Å². The van der Waals surface area contributed by atoms with E-state index in [-0.39, 0.29) is 18.4 Å². The summed E-state index contributed by atoms with van der Waals surface area (Å²) >= 11 is 1.27. The summed E-state index contributed by atoms with van der Waals surface area (Å²) in [4.78, 5) is 25.3. The quantitative estimate of drug-likeness (QED) is 0.529. The van der Waals surface area contributed by atoms with Crippen molar-refractivity contribution in [2.45, 2.75) is 13.5 Å². The minimum Gasteiger partial charge on any atom is -0.465 e. The van der Waals surface area contributed by atoms with Crippen molar-refractivity contribution in [3.8, 4) is 0 Å². The zero-order valence-electron chi connectivity index (χ0n) is 15.1. The molecular weight excluding hydrogens is 374 g/mol. The highest BCUT2D eigenvalue weighted by atomic mass is 32.1. The first-order valence-electron chi connectivity index (χ1n) is 8.70. The Bertz CT molecular complexity index is 1160. The predicted molar refractivity (Wildman–Crippen MR) is 109 cm³/mol. The monoisotopic (exact) mass is 391 g/mol. The zero-order chi connectivity index (χ0) is 19.5. The van der Waals surface area contributed by atoms with Crippen molar-refractivity contribution in [1.82, 2.24) is 9.69 Å². The third-order valence-electron chi connectivity index (χ3n) is 4.23. The fourth-order valence-corrected chi connectivity index (χ4v) is 3.64. The second kappa shape index (κ2) is 7.66. The number of fused-ring (bicyclic) bond motifs is 1. The molecule has 0 spiro atoms. The van der Waals surface area contributed by atoms with Gasteiger partial charge in [0.05, 0.1) is 22.5 Å². The Balaban J connectivity index is 1.52. The topological polar surface area (TPSA) is 84.2 Å². The summed E-state index contributed by atoms with van der Waals surface area (Å²) < 4.78 is 10.7. The highest BCUT2D eigenvalue weighted by Gasteiger charge is 2.18. The van der Waals surface area contributed by atoms with Crippen LogP contribution in [-0.4, -0.2) is 16.2 Å². The molecule has 4 aromatic rings. The van der Waals surface area contributed by atoms with Gasteiger partial charge < -0.3 is 15.1 Å². The Hall–Kier alpha value is -3.45. The molecule has 2 aromatic carbocycles. The van der Waals surface area contributed by atoms with Crippen LogP contribution in [0.4, 0.5) is 5.69 Å². The standard InChI is InChI=1S/C21H17N3O3S/c1-13-10-11-14(27-13)12-22-20(25)15-6-2-4-8-17(15)23-21(26)19-16-7-3-5-9-18(16)28-24-19/h2-11H,12H2,1H3,(H,22,25)(H,23,26). The summed E-state index contributed by atoms with van der Waals surface area (Å²) in [5.74, 6) is 0.807. The number of nitrogens with one attached hydrogen (secondary N) is 2. The average molecular weight is 391 g/mol. The van der Waals surface area contributed by atoms with E-state index in [9.17, 15) is 9.59 Å². The third-order valence-corrected chi connectivity index (χ3v) is 5.06. The lowest BCUT2D eigenvalue weighted by Gasteiger charge is -2.10. The number of hydrogen-bond donors (Lipinski definition) is 2. The first kappa shape index (κ1) is 17.9. The normalized spacial score (nSPS) is 10.8. The van der Waals surface area contributed by atoms with Crippen LogP contribution >= 0.6 is 11.5 Å². The van der Waals surface area contributed by atoms with Crippen molar-refractivity contribution in [2.24, 2.45) is 0 Å². The number of benzene rings is 2. The molecular formula is C21H17N3O3S. The van der Waals surface area contributed by atoms with E-state index in [4.69, 9.17) is 4.42 Å². The van der Waals surface area contributed by atoms with Crippen LogP contribution in [0.1, 0.15) is 32.4 Å². The summed E-state index contributed by atoms with van der Waals surface area (Å²) in [7, 11) is 0. The molecule has 2 aromatic heterocycles. The summed E-state index contributed by atoms with van der Waals surface area (Å²) in [6.45, 7) is 2.12. The first-order chi connectivity index (χ1) is 13.6. The van der Waals surface area contributed by atoms with Gasteiger partial charge in [-0.3, -0.25) is 9.59 Å². The van der Waals surface area contributed by atoms with Crippen molar-refractivity contribution < 1.29 is 14.0 Å². The molecule has 0 aliphatic carbocycles. The molecule has 0 aliphatic heterocycles. The van der Waals surface area contributed by atoms with Crippen molar-refractivity contribution >= 4 is 39.1 Å². The highest BCUT2D eigenvalue weighted by molar-refractivity contribution is 7.13. The minimum absolute atomic E-state index is 0.270. The van der Waals surface area contributed by atoms with E-state index in [0.29, 0.717) is 22.7 Å². The Labute approximate surface area is 165 Å². The molecule has 0 fully saturated rings. The lowest BCUT2D eigenvalue weighted by Crippen LogP contribution is -2.24. The largest absolute Gasteiger partial charge is 0.465 e. The van der Waals surface area contributed by atoms with Crippen LogP contribution < -0.4 is 10.6 Å². The number of carbonyl (C=O) groups excluding carboxylic acids is 2. The van der Waals surface area contributed by atoms with Crippen molar-refractivity contribution in [2.75, 3.05) is 5.32 Å². The Morgan fingerprint density at radius 2 is 1.79 bits per heavy atom. The van der Waals surface area contributed by atoms with Gasteiger partial charge in [0.1, 0.15) is 17.2 Å². The van der Waals surface area contributed by atoms with Gasteiger partial charge >= 0.3 is 0 Å². The van der Waals surface area contributed by atoms with E-state index >= 15 is 0 Å². The molecule has 0 saturated heterocycles. The lowest BCUT2D eigenvalue weighted by molar-refractivity contribution is 0.0948. The van der Waals surface area contributed by atoms with Crippen LogP contribution in [0.5, 0.6) is 0 Å². The van der Waals surface area contributed by atoms with E-state index in [0.717, 1.165) is 15.8 Å². The van der Waals surface area contributed by atoms with Gasteiger partial charge in [-0.05, 0) is 48.8 Å². The molecule has 0 aliphatic rings. The van der Waals surface area contributed by atoms with Crippen LogP contribution in [0.25, 0.3) is 10.1 Å². The summed E-state index contributed by atoms with van der Waals surface area (Å²) in [6.07, 6.45) is 0. The SMILES string of the molecule is Cc1ccc(CNC(=O)c2ccccc2NC(=O)c2nsc3ccccc23)o1. The molecule has 0 bridgehead atoms. The fourth-order valence-electron chi connectivity index (χ4n) is 2.86. The number of amides is 2. The van der Waals surface area contributed by atoms with Crippen LogP contribution in [0.3, 0.4) is 0 Å². The van der Waals surface area contributed by atoms with Gasteiger partial charge in [-0.2, -0.15) is 4.37 Å². The van der Waals surface area contributed by atoms with Gasteiger partial charge in [-0.15, -0.1) is 0 Å². The molecule has 2 N–H and O–H groups in total. The number of furan rings is 1. The minimum atomic E-state index is -0.348. The Morgan fingerprint density at radius 3 is 2.61 bits per heavy atom. The van der Waals surface area contributed by atoms with Crippen LogP contribution in [0.2, 0.25) is 0 Å². The number of aromatic nitrogens is 1. The van der Waals surface area contributed by atoms with Crippen LogP contribution in [-0.2, 0) is 6.54 Å². The molecule has 140 valence electrons. The zero-order valence-corrected chi connectivity index (χ0v) is 15.9. The van der Waals surface area contributed by atoms with Crippen molar-refractivity contribution in [1.29, 1.82) is 0 Å². The number of anilines is 1. The van der Waals surface area contributed by atoms with Crippen LogP contribution in [0, 0.1) is 6.92 Å². The molecule has 0 atom stereocenters. The van der Waals surface area contributed by atoms with E-state index in [1.165, 1.54) is 11.5 Å². The van der Waals surface area contributed by atoms with Gasteiger partial charge in [-0.1, -0.05) is 30.3 Å². The molecule has 0 saturated carbocycles. The summed E-state index contributed by atoms with van der Waals surface area (Å²) in [5.41, 5.74) is 1.15. The summed E-state index contributed by atoms with van der Waals surface area (Å²) in [5, 5.41) is 6.41. The molecule has 0 radical (unpaired) electrons. The smallest absolute Gasteiger partial charge is 0.276 e. The average Bonchev–Trinajstić information content (AvgIpc) is 3.32. The van der Waals surface area contributed by atoms with E-state index in [1.807, 2.05) is 43.3 Å². The van der Waals surface area contributed by atoms with Gasteiger partial charge in [0, 0.05) is 5.39 Å². The maximum atomic E-state index is 12.7. The van der Waals surface area contributed by atoms with E-state index < -0.39 is 0 Å². The Kier molecular flexibility index (Phi) is 4.90. The van der Waals surface area contributed by atoms with Crippen molar-refractivity contribution in [3.05, 3.63) is 83.4 Å². The highest BCUT2D eigenvalue weighted by Crippen LogP contribution is 2.24. The Morgan fingerprint density at radius 1 is 1.00 bits per heavy atom. The molecule has 4 rings (SSSR count). The molecule has 7 heteroatoms. The van der Waals surface area contributed by atoms with E-state index in [1.54, 1.807) is 24.3 Å². The molecule has 2 amide bonds. The number of carbonyl (C=O) groups is 2. The third kappa shape index (κ3) is 3.65. The van der Waals surface area contributed by atoms with Gasteiger partial charge in [-0.25, -0.2) is 0 Å². The van der Waals surface area contributed by atoms with E-state index in [2.05, 4.69) is 15.0 Å². The molecule has 6 nitrogen and oxygen atoms in total. The molecule has 2 heterocycles. The van der Waals surface area contributed by atoms with Gasteiger partial charge in [0.25, 0.3) is 11.8 Å². The second-order valence-electron chi connectivity index (χ2n) is 6.22. The first-order valence-corrected chi connectivity index (χ1v) is 9.47. The van der Waals surface area contributed by atoms with Crippen LogP contribution in [0.15, 0.2) is 65.1 Å². The maximum absolute atomic E-state index is 12.7. The number of nitrogens with zero attached hydrogens (tertiary/aromatic N) is 1. The predicted octanol–water partition coefficient (Wildman–Crippen LogP) is 4.38. The number of rotatable bonds is 5. The fraction of sp³-hybridized carbons (Fsp3) is 0.0952. The molecule has 0 unspecified atom stereocenters. The van der Waals surface area contributed by atoms with Gasteiger partial charge in [0.15, 0.2) is 0 Å². The summed E-state index contributed by atoms with van der Waals surface area (Å²) in [6, 6.07) is 18.1.